The first-order valence-electron chi connectivity index (χ1n) is 10.8. The van der Waals surface area contributed by atoms with Gasteiger partial charge >= 0.3 is 0 Å². The van der Waals surface area contributed by atoms with E-state index in [0.29, 0.717) is 42.2 Å². The smallest absolute Gasteiger partial charge is 0.174 e. The van der Waals surface area contributed by atoms with Gasteiger partial charge in [-0.05, 0) is 31.9 Å². The van der Waals surface area contributed by atoms with Gasteiger partial charge in [0.15, 0.2) is 9.84 Å². The number of ether oxygens (including phenoxy) is 1. The third-order valence-corrected chi connectivity index (χ3v) is 8.47. The van der Waals surface area contributed by atoms with Crippen molar-refractivity contribution in [3.05, 3.63) is 69.7 Å². The Hall–Kier alpha value is -2.02. The number of halogens is 2. The summed E-state index contributed by atoms with van der Waals surface area (Å²) in [4.78, 5) is 8.66. The van der Waals surface area contributed by atoms with E-state index >= 15 is 0 Å². The number of para-hydroxylation sites is 1. The molecule has 0 saturated carbocycles. The molecule has 0 aliphatic heterocycles. The number of hydrogen-bond acceptors (Lipinski definition) is 4. The summed E-state index contributed by atoms with van der Waals surface area (Å²) in [5.41, 5.74) is 4.50. The summed E-state index contributed by atoms with van der Waals surface area (Å²) in [5.74, 6) is 1.69. The molecule has 0 radical (unpaired) electrons. The van der Waals surface area contributed by atoms with Crippen LogP contribution in [0.4, 0.5) is 0 Å². The summed E-state index contributed by atoms with van der Waals surface area (Å²) in [6.45, 7) is 4.17. The van der Waals surface area contributed by atoms with Crippen LogP contribution in [0.1, 0.15) is 49.5 Å². The highest BCUT2D eigenvalue weighted by Gasteiger charge is 2.31. The zero-order chi connectivity index (χ0) is 22.9. The molecule has 0 bridgehead atoms. The Morgan fingerprint density at radius 2 is 1.97 bits per heavy atom. The number of H-pyrrole nitrogens is 1. The molecule has 2 aliphatic rings. The van der Waals surface area contributed by atoms with Crippen molar-refractivity contribution in [2.24, 2.45) is 0 Å². The molecular formula is C24H26Cl2N2O3S. The maximum absolute atomic E-state index is 12.1. The fourth-order valence-corrected chi connectivity index (χ4v) is 6.03. The lowest BCUT2D eigenvalue weighted by Gasteiger charge is -2.23. The lowest BCUT2D eigenvalue weighted by Crippen LogP contribution is -2.15. The van der Waals surface area contributed by atoms with Crippen molar-refractivity contribution in [2.45, 2.75) is 44.9 Å². The van der Waals surface area contributed by atoms with E-state index in [1.165, 1.54) is 0 Å². The minimum absolute atomic E-state index is 0.131. The third-order valence-electron chi connectivity index (χ3n) is 5.82. The van der Waals surface area contributed by atoms with E-state index in [-0.39, 0.29) is 11.1 Å². The number of nitrogens with one attached hydrogen (secondary N) is 1. The van der Waals surface area contributed by atoms with Crippen LogP contribution < -0.4 is 4.74 Å². The number of sulfone groups is 1. The summed E-state index contributed by atoms with van der Waals surface area (Å²) in [6, 6.07) is 7.76. The monoisotopic (exact) mass is 492 g/mol. The molecule has 1 atom stereocenters. The molecule has 8 heteroatoms. The number of hydrogen-bond donors (Lipinski definition) is 1. The Morgan fingerprint density at radius 1 is 1.19 bits per heavy atom. The van der Waals surface area contributed by atoms with E-state index < -0.39 is 9.84 Å². The molecule has 170 valence electrons. The Balaban J connectivity index is 1.63. The maximum atomic E-state index is 12.1. The van der Waals surface area contributed by atoms with Crippen molar-refractivity contribution in [1.29, 1.82) is 0 Å². The number of benzene rings is 1. The number of fused-ring (bicyclic) bond motifs is 1. The molecule has 32 heavy (non-hydrogen) atoms. The Kier molecular flexibility index (Phi) is 6.84. The maximum Gasteiger partial charge on any atom is 0.174 e. The van der Waals surface area contributed by atoms with Crippen LogP contribution in [0.5, 0.6) is 5.75 Å². The van der Waals surface area contributed by atoms with Crippen molar-refractivity contribution in [1.82, 2.24) is 9.97 Å². The molecule has 1 aromatic heterocycles. The number of nitrogens with zero attached hydrogens (tertiary/aromatic N) is 1. The van der Waals surface area contributed by atoms with Crippen LogP contribution in [-0.2, 0) is 22.7 Å². The fraction of sp³-hybridized carbons (Fsp3) is 0.375. The second kappa shape index (κ2) is 9.46. The van der Waals surface area contributed by atoms with Gasteiger partial charge in [-0.2, -0.15) is 0 Å². The molecule has 0 saturated heterocycles. The van der Waals surface area contributed by atoms with Crippen molar-refractivity contribution >= 4 is 43.6 Å². The minimum atomic E-state index is -3.13. The van der Waals surface area contributed by atoms with Crippen LogP contribution in [0, 0.1) is 0 Å². The predicted octanol–water partition coefficient (Wildman–Crippen LogP) is 5.66. The van der Waals surface area contributed by atoms with Gasteiger partial charge in [-0.15, -0.1) is 11.6 Å². The standard InChI is InChI=1S/C24H26Cl2N2O3S/c1-3-31-20-8-6-5-7-17(20)22-18(25)14-19-24(23(22)26)28-21(27-19)13-15-9-11-16(12-10-15)32(29,30)4-2/h5-9,11,18H,3-4,10,12-14H2,1-2H3,(H,27,28). The van der Waals surface area contributed by atoms with Gasteiger partial charge < -0.3 is 9.72 Å². The predicted molar refractivity (Wildman–Crippen MR) is 131 cm³/mol. The van der Waals surface area contributed by atoms with Gasteiger partial charge in [-0.3, -0.25) is 0 Å². The van der Waals surface area contributed by atoms with Gasteiger partial charge in [-0.1, -0.05) is 48.4 Å². The molecule has 2 aliphatic carbocycles. The van der Waals surface area contributed by atoms with E-state index in [1.54, 1.807) is 13.0 Å². The molecule has 2 aromatic rings. The first-order valence-corrected chi connectivity index (χ1v) is 13.3. The average Bonchev–Trinajstić information content (AvgIpc) is 3.18. The molecule has 1 unspecified atom stereocenters. The van der Waals surface area contributed by atoms with Crippen LogP contribution in [-0.4, -0.2) is 36.1 Å². The number of imidazole rings is 1. The van der Waals surface area contributed by atoms with Gasteiger partial charge in [0.1, 0.15) is 17.3 Å². The third kappa shape index (κ3) is 4.54. The number of allylic oxidation sites excluding steroid dienone is 5. The Labute approximate surface area is 199 Å². The SMILES string of the molecule is CCOc1ccccc1C1=C(Cl)c2nc(CC3=CC=C(S(=O)(=O)CC)CC3)[nH]c2CC1Cl. The molecule has 1 aromatic carbocycles. The number of alkyl halides is 1. The topological polar surface area (TPSA) is 72.0 Å². The highest BCUT2D eigenvalue weighted by Crippen LogP contribution is 2.43. The van der Waals surface area contributed by atoms with Crippen LogP contribution >= 0.6 is 23.2 Å². The van der Waals surface area contributed by atoms with Crippen LogP contribution in [0.3, 0.4) is 0 Å². The molecule has 1 N–H and O–H groups in total. The van der Waals surface area contributed by atoms with E-state index in [1.807, 2.05) is 37.3 Å². The first-order chi connectivity index (χ1) is 15.3. The van der Waals surface area contributed by atoms with E-state index in [9.17, 15) is 8.42 Å². The number of aromatic amines is 1. The highest BCUT2D eigenvalue weighted by atomic mass is 35.5. The van der Waals surface area contributed by atoms with E-state index in [4.69, 9.17) is 32.9 Å². The summed E-state index contributed by atoms with van der Waals surface area (Å²) < 4.78 is 29.9. The van der Waals surface area contributed by atoms with Crippen LogP contribution in [0.2, 0.25) is 0 Å². The van der Waals surface area contributed by atoms with Crippen molar-refractivity contribution in [2.75, 3.05) is 12.4 Å². The molecule has 0 spiro atoms. The number of rotatable bonds is 7. The second-order valence-electron chi connectivity index (χ2n) is 7.88. The summed E-state index contributed by atoms with van der Waals surface area (Å²) in [5, 5.41) is 0.235. The van der Waals surface area contributed by atoms with Gasteiger partial charge in [0.25, 0.3) is 0 Å². The molecule has 4 rings (SSSR count). The zero-order valence-corrected chi connectivity index (χ0v) is 20.4. The lowest BCUT2D eigenvalue weighted by molar-refractivity contribution is 0.339. The van der Waals surface area contributed by atoms with Gasteiger partial charge in [-0.25, -0.2) is 13.4 Å². The van der Waals surface area contributed by atoms with E-state index in [2.05, 4.69) is 4.98 Å². The minimum Gasteiger partial charge on any atom is -0.493 e. The molecule has 5 nitrogen and oxygen atoms in total. The van der Waals surface area contributed by atoms with Crippen molar-refractivity contribution < 1.29 is 13.2 Å². The lowest BCUT2D eigenvalue weighted by atomic mass is 9.92. The Bertz CT molecular complexity index is 1230. The fourth-order valence-electron chi connectivity index (χ4n) is 4.15. The largest absolute Gasteiger partial charge is 0.493 e. The quantitative estimate of drug-likeness (QED) is 0.506. The molecule has 0 fully saturated rings. The Morgan fingerprint density at radius 3 is 2.66 bits per heavy atom. The van der Waals surface area contributed by atoms with Gasteiger partial charge in [0.2, 0.25) is 0 Å². The molecule has 0 amide bonds. The van der Waals surface area contributed by atoms with Gasteiger partial charge in [0.05, 0.1) is 22.8 Å². The highest BCUT2D eigenvalue weighted by molar-refractivity contribution is 7.95. The number of aromatic nitrogens is 2. The van der Waals surface area contributed by atoms with E-state index in [0.717, 1.165) is 39.7 Å². The zero-order valence-electron chi connectivity index (χ0n) is 18.1. The van der Waals surface area contributed by atoms with Crippen LogP contribution in [0.15, 0.2) is 46.9 Å². The first kappa shape index (κ1) is 23.1. The van der Waals surface area contributed by atoms with Crippen LogP contribution in [0.25, 0.3) is 10.6 Å². The normalized spacial score (nSPS) is 18.8. The summed E-state index contributed by atoms with van der Waals surface area (Å²) >= 11 is 13.6. The second-order valence-corrected chi connectivity index (χ2v) is 11.1. The summed E-state index contributed by atoms with van der Waals surface area (Å²) in [6.07, 6.45) is 6.07. The van der Waals surface area contributed by atoms with Gasteiger partial charge in [0, 0.05) is 34.6 Å². The van der Waals surface area contributed by atoms with Crippen molar-refractivity contribution in [3.8, 4) is 5.75 Å². The summed E-state index contributed by atoms with van der Waals surface area (Å²) in [7, 11) is -3.13. The van der Waals surface area contributed by atoms with Crippen molar-refractivity contribution in [3.63, 3.8) is 0 Å². The molecule has 1 heterocycles. The molecular weight excluding hydrogens is 467 g/mol. The average molecular weight is 493 g/mol.